The van der Waals surface area contributed by atoms with Gasteiger partial charge in [-0.3, -0.25) is 0 Å². The average Bonchev–Trinajstić information content (AvgIpc) is 2.95. The number of halogens is 1. The summed E-state index contributed by atoms with van der Waals surface area (Å²) in [4.78, 5) is 0. The summed E-state index contributed by atoms with van der Waals surface area (Å²) in [5, 5.41) is 4.44. The molecular formula is C13H18ClN. The third kappa shape index (κ3) is 2.19. The number of hydrogen-bond donors (Lipinski definition) is 1. The molecule has 0 spiro atoms. The summed E-state index contributed by atoms with van der Waals surface area (Å²) < 4.78 is 0. The zero-order valence-corrected chi connectivity index (χ0v) is 10.1. The molecule has 1 nitrogen and oxygen atoms in total. The van der Waals surface area contributed by atoms with E-state index in [4.69, 9.17) is 11.6 Å². The van der Waals surface area contributed by atoms with Gasteiger partial charge in [0, 0.05) is 11.1 Å². The predicted octanol–water partition coefficient (Wildman–Crippen LogP) is 3.79. The van der Waals surface area contributed by atoms with Crippen molar-refractivity contribution in [3.05, 3.63) is 34.9 Å². The molecule has 0 bridgehead atoms. The molecule has 1 N–H and O–H groups in total. The second-order valence-electron chi connectivity index (χ2n) is 4.67. The summed E-state index contributed by atoms with van der Waals surface area (Å²) in [5.41, 5.74) is 1.67. The smallest absolute Gasteiger partial charge is 0.0454 e. The Morgan fingerprint density at radius 3 is 2.60 bits per heavy atom. The Labute approximate surface area is 96.8 Å². The molecule has 1 unspecified atom stereocenters. The van der Waals surface area contributed by atoms with E-state index in [-0.39, 0.29) is 0 Å². The Kier molecular flexibility index (Phi) is 3.03. The van der Waals surface area contributed by atoms with Crippen LogP contribution >= 0.6 is 11.6 Å². The van der Waals surface area contributed by atoms with Gasteiger partial charge in [0.1, 0.15) is 0 Å². The average molecular weight is 224 g/mol. The van der Waals surface area contributed by atoms with Gasteiger partial charge in [-0.1, -0.05) is 43.6 Å². The maximum absolute atomic E-state index is 6.25. The molecule has 2 rings (SSSR count). The highest BCUT2D eigenvalue weighted by Crippen LogP contribution is 2.55. The normalized spacial score (nSPS) is 19.9. The van der Waals surface area contributed by atoms with Crippen molar-refractivity contribution in [1.29, 1.82) is 0 Å². The van der Waals surface area contributed by atoms with Crippen LogP contribution in [0.2, 0.25) is 5.02 Å². The summed E-state index contributed by atoms with van der Waals surface area (Å²) in [6.45, 7) is 5.48. The largest absolute Gasteiger partial charge is 0.310 e. The molecule has 15 heavy (non-hydrogen) atoms. The Morgan fingerprint density at radius 2 is 2.07 bits per heavy atom. The zero-order chi connectivity index (χ0) is 10.9. The van der Waals surface area contributed by atoms with Gasteiger partial charge in [0.25, 0.3) is 0 Å². The minimum absolute atomic E-state index is 0.413. The second kappa shape index (κ2) is 4.15. The summed E-state index contributed by atoms with van der Waals surface area (Å²) >= 11 is 6.25. The standard InChI is InChI=1S/C13H18ClN/c1-3-15-12(13(2)8-9-13)10-6-4-5-7-11(10)14/h4-7,12,15H,3,8-9H2,1-2H3. The van der Waals surface area contributed by atoms with Crippen LogP contribution in [0.4, 0.5) is 0 Å². The third-order valence-electron chi connectivity index (χ3n) is 3.36. The number of hydrogen-bond acceptors (Lipinski definition) is 1. The van der Waals surface area contributed by atoms with Crippen molar-refractivity contribution in [2.75, 3.05) is 6.54 Å². The van der Waals surface area contributed by atoms with Crippen LogP contribution in [-0.2, 0) is 0 Å². The van der Waals surface area contributed by atoms with Gasteiger partial charge in [-0.15, -0.1) is 0 Å². The van der Waals surface area contributed by atoms with E-state index in [9.17, 15) is 0 Å². The molecule has 0 amide bonds. The monoisotopic (exact) mass is 223 g/mol. The van der Waals surface area contributed by atoms with E-state index in [1.165, 1.54) is 18.4 Å². The van der Waals surface area contributed by atoms with E-state index in [0.717, 1.165) is 11.6 Å². The van der Waals surface area contributed by atoms with Crippen LogP contribution in [-0.4, -0.2) is 6.54 Å². The maximum Gasteiger partial charge on any atom is 0.0454 e. The van der Waals surface area contributed by atoms with E-state index < -0.39 is 0 Å². The quantitative estimate of drug-likeness (QED) is 0.819. The van der Waals surface area contributed by atoms with Crippen molar-refractivity contribution in [3.8, 4) is 0 Å². The summed E-state index contributed by atoms with van der Waals surface area (Å²) in [6.07, 6.45) is 2.60. The summed E-state index contributed by atoms with van der Waals surface area (Å²) in [5.74, 6) is 0. The fourth-order valence-corrected chi connectivity index (χ4v) is 2.38. The molecule has 0 radical (unpaired) electrons. The van der Waals surface area contributed by atoms with Crippen molar-refractivity contribution < 1.29 is 0 Å². The van der Waals surface area contributed by atoms with Crippen molar-refractivity contribution in [2.24, 2.45) is 5.41 Å². The minimum atomic E-state index is 0.413. The van der Waals surface area contributed by atoms with Gasteiger partial charge in [-0.05, 0) is 36.4 Å². The van der Waals surface area contributed by atoms with Crippen LogP contribution in [0.3, 0.4) is 0 Å². The Bertz CT molecular complexity index is 344. The van der Waals surface area contributed by atoms with Crippen molar-refractivity contribution >= 4 is 11.6 Å². The van der Waals surface area contributed by atoms with Gasteiger partial charge >= 0.3 is 0 Å². The maximum atomic E-state index is 6.25. The van der Waals surface area contributed by atoms with Crippen LogP contribution in [0.25, 0.3) is 0 Å². The molecule has 1 aromatic rings. The first-order chi connectivity index (χ1) is 7.17. The van der Waals surface area contributed by atoms with Gasteiger partial charge < -0.3 is 5.32 Å². The lowest BCUT2D eigenvalue weighted by molar-refractivity contribution is 0.373. The van der Waals surface area contributed by atoms with Gasteiger partial charge in [0.15, 0.2) is 0 Å². The highest BCUT2D eigenvalue weighted by atomic mass is 35.5. The molecule has 0 heterocycles. The lowest BCUT2D eigenvalue weighted by Gasteiger charge is -2.25. The van der Waals surface area contributed by atoms with E-state index in [1.807, 2.05) is 12.1 Å². The van der Waals surface area contributed by atoms with E-state index in [2.05, 4.69) is 31.3 Å². The highest BCUT2D eigenvalue weighted by Gasteiger charge is 2.45. The molecule has 82 valence electrons. The topological polar surface area (TPSA) is 12.0 Å². The van der Waals surface area contributed by atoms with Crippen molar-refractivity contribution in [3.63, 3.8) is 0 Å². The summed E-state index contributed by atoms with van der Waals surface area (Å²) in [6, 6.07) is 8.59. The molecule has 1 aliphatic carbocycles. The molecular weight excluding hydrogens is 206 g/mol. The first-order valence-corrected chi connectivity index (χ1v) is 6.03. The van der Waals surface area contributed by atoms with Crippen molar-refractivity contribution in [1.82, 2.24) is 5.32 Å². The molecule has 1 saturated carbocycles. The first-order valence-electron chi connectivity index (χ1n) is 5.65. The Hall–Kier alpha value is -0.530. The first kappa shape index (κ1) is 11.0. The lowest BCUT2D eigenvalue weighted by Crippen LogP contribution is -2.28. The van der Waals surface area contributed by atoms with Crippen LogP contribution in [0.5, 0.6) is 0 Å². The fraction of sp³-hybridized carbons (Fsp3) is 0.538. The third-order valence-corrected chi connectivity index (χ3v) is 3.70. The predicted molar refractivity (Wildman–Crippen MR) is 65.2 cm³/mol. The van der Waals surface area contributed by atoms with Crippen LogP contribution in [0.15, 0.2) is 24.3 Å². The second-order valence-corrected chi connectivity index (χ2v) is 5.07. The Morgan fingerprint density at radius 1 is 1.40 bits per heavy atom. The molecule has 2 heteroatoms. The van der Waals surface area contributed by atoms with Gasteiger partial charge in [-0.2, -0.15) is 0 Å². The highest BCUT2D eigenvalue weighted by molar-refractivity contribution is 6.31. The zero-order valence-electron chi connectivity index (χ0n) is 9.39. The van der Waals surface area contributed by atoms with Crippen LogP contribution in [0, 0.1) is 5.41 Å². The lowest BCUT2D eigenvalue weighted by atomic mass is 9.91. The summed E-state index contributed by atoms with van der Waals surface area (Å²) in [7, 11) is 0. The number of benzene rings is 1. The molecule has 1 aromatic carbocycles. The number of nitrogens with one attached hydrogen (secondary N) is 1. The van der Waals surface area contributed by atoms with Gasteiger partial charge in [-0.25, -0.2) is 0 Å². The van der Waals surface area contributed by atoms with Crippen LogP contribution in [0.1, 0.15) is 38.3 Å². The fourth-order valence-electron chi connectivity index (χ4n) is 2.13. The van der Waals surface area contributed by atoms with Crippen molar-refractivity contribution in [2.45, 2.75) is 32.7 Å². The molecule has 0 aromatic heterocycles. The van der Waals surface area contributed by atoms with Gasteiger partial charge in [0.2, 0.25) is 0 Å². The molecule has 0 aliphatic heterocycles. The van der Waals surface area contributed by atoms with Crippen LogP contribution < -0.4 is 5.32 Å². The number of rotatable bonds is 4. The van der Waals surface area contributed by atoms with Gasteiger partial charge in [0.05, 0.1) is 0 Å². The minimum Gasteiger partial charge on any atom is -0.310 e. The van der Waals surface area contributed by atoms with E-state index in [0.29, 0.717) is 11.5 Å². The Balaban J connectivity index is 2.28. The molecule has 1 fully saturated rings. The molecule has 0 saturated heterocycles. The van der Waals surface area contributed by atoms with E-state index in [1.54, 1.807) is 0 Å². The van der Waals surface area contributed by atoms with E-state index >= 15 is 0 Å². The SMILES string of the molecule is CCNC(c1ccccc1Cl)C1(C)CC1. The molecule has 1 atom stereocenters. The molecule has 1 aliphatic rings.